The third-order valence-corrected chi connectivity index (χ3v) is 7.13. The number of hydrogen-bond acceptors (Lipinski definition) is 3. The lowest BCUT2D eigenvalue weighted by Gasteiger charge is -2.21. The molecule has 0 spiro atoms. The van der Waals surface area contributed by atoms with Crippen LogP contribution >= 0.6 is 0 Å². The van der Waals surface area contributed by atoms with Crippen molar-refractivity contribution in [2.75, 3.05) is 13.1 Å². The molecule has 1 saturated carbocycles. The van der Waals surface area contributed by atoms with Gasteiger partial charge in [-0.25, -0.2) is 9.78 Å². The van der Waals surface area contributed by atoms with Crippen molar-refractivity contribution in [1.82, 2.24) is 19.0 Å². The van der Waals surface area contributed by atoms with Gasteiger partial charge in [-0.3, -0.25) is 13.9 Å². The van der Waals surface area contributed by atoms with Gasteiger partial charge in [0.2, 0.25) is 5.91 Å². The number of imidazole rings is 1. The first kappa shape index (κ1) is 19.6. The number of fused-ring (bicyclic) bond motifs is 2. The summed E-state index contributed by atoms with van der Waals surface area (Å²) in [5.74, 6) is 1.28. The van der Waals surface area contributed by atoms with Gasteiger partial charge in [-0.2, -0.15) is 0 Å². The Kier molecular flexibility index (Phi) is 4.12. The first-order chi connectivity index (χ1) is 14.1. The zero-order valence-electron chi connectivity index (χ0n) is 18.7. The van der Waals surface area contributed by atoms with Crippen molar-refractivity contribution in [2.24, 2.45) is 29.7 Å². The average molecular weight is 409 g/mol. The van der Waals surface area contributed by atoms with Gasteiger partial charge in [0.05, 0.1) is 11.2 Å². The zero-order chi connectivity index (χ0) is 21.4. The average Bonchev–Trinajstić information content (AvgIpc) is 3.04. The molecule has 1 aliphatic heterocycles. The Morgan fingerprint density at radius 2 is 1.97 bits per heavy atom. The SMILES string of the molecule is Cn1c(=O)n(CC(C)(C)C)c2ccc(C3=CC4CN(C(=O)C5(C)CC5)CC4C3)nc21. The molecule has 0 radical (unpaired) electrons. The maximum atomic E-state index is 12.8. The van der Waals surface area contributed by atoms with E-state index >= 15 is 0 Å². The van der Waals surface area contributed by atoms with Crippen LogP contribution in [0.2, 0.25) is 0 Å². The zero-order valence-corrected chi connectivity index (χ0v) is 18.7. The fraction of sp³-hybridized carbons (Fsp3) is 0.625. The molecule has 2 aliphatic carbocycles. The molecule has 5 rings (SSSR count). The smallest absolute Gasteiger partial charge is 0.330 e. The summed E-state index contributed by atoms with van der Waals surface area (Å²) in [6.07, 6.45) is 5.36. The standard InChI is InChI=1S/C24H32N4O2/c1-23(2,3)14-28-19-7-6-18(25-20(19)26(5)22(28)30)15-10-16-12-27(13-17(16)11-15)21(29)24(4)8-9-24/h6-7,10,16-17H,8-9,11-14H2,1-5H3. The molecule has 0 bridgehead atoms. The van der Waals surface area contributed by atoms with E-state index in [1.807, 2.05) is 10.6 Å². The van der Waals surface area contributed by atoms with E-state index in [0.29, 0.717) is 24.3 Å². The lowest BCUT2D eigenvalue weighted by atomic mass is 9.97. The van der Waals surface area contributed by atoms with Gasteiger partial charge < -0.3 is 4.90 Å². The molecule has 2 atom stereocenters. The first-order valence-electron chi connectivity index (χ1n) is 11.1. The van der Waals surface area contributed by atoms with Crippen molar-refractivity contribution in [3.05, 3.63) is 34.4 Å². The number of carbonyl (C=O) groups excluding carboxylic acids is 1. The number of hydrogen-bond donors (Lipinski definition) is 0. The van der Waals surface area contributed by atoms with Crippen LogP contribution in [0, 0.1) is 22.7 Å². The first-order valence-corrected chi connectivity index (χ1v) is 11.1. The number of likely N-dealkylation sites (tertiary alicyclic amines) is 1. The highest BCUT2D eigenvalue weighted by Crippen LogP contribution is 2.49. The fourth-order valence-electron chi connectivity index (χ4n) is 5.13. The third kappa shape index (κ3) is 3.12. The summed E-state index contributed by atoms with van der Waals surface area (Å²) in [6.45, 7) is 10.9. The molecule has 3 aliphatic rings. The van der Waals surface area contributed by atoms with Gasteiger partial charge in [0.15, 0.2) is 5.65 Å². The van der Waals surface area contributed by atoms with Crippen molar-refractivity contribution in [3.8, 4) is 0 Å². The van der Waals surface area contributed by atoms with Crippen LogP contribution in [-0.2, 0) is 18.4 Å². The van der Waals surface area contributed by atoms with Crippen LogP contribution < -0.4 is 5.69 Å². The third-order valence-electron chi connectivity index (χ3n) is 7.13. The van der Waals surface area contributed by atoms with Crippen LogP contribution in [0.3, 0.4) is 0 Å². The van der Waals surface area contributed by atoms with E-state index in [-0.39, 0.29) is 16.5 Å². The molecule has 2 unspecified atom stereocenters. The largest absolute Gasteiger partial charge is 0.341 e. The maximum Gasteiger partial charge on any atom is 0.330 e. The van der Waals surface area contributed by atoms with Crippen LogP contribution in [0.1, 0.15) is 52.7 Å². The number of pyridine rings is 1. The molecule has 1 saturated heterocycles. The van der Waals surface area contributed by atoms with E-state index in [1.165, 1.54) is 5.57 Å². The highest BCUT2D eigenvalue weighted by Gasteiger charge is 2.50. The van der Waals surface area contributed by atoms with Crippen molar-refractivity contribution >= 4 is 22.6 Å². The van der Waals surface area contributed by atoms with Gasteiger partial charge in [0.25, 0.3) is 0 Å². The molecular weight excluding hydrogens is 376 g/mol. The van der Waals surface area contributed by atoms with Gasteiger partial charge >= 0.3 is 5.69 Å². The van der Waals surface area contributed by atoms with Gasteiger partial charge in [-0.15, -0.1) is 0 Å². The van der Waals surface area contributed by atoms with Crippen molar-refractivity contribution in [1.29, 1.82) is 0 Å². The summed E-state index contributed by atoms with van der Waals surface area (Å²) in [4.78, 5) is 32.4. The van der Waals surface area contributed by atoms with Crippen LogP contribution in [0.15, 0.2) is 23.0 Å². The fourth-order valence-corrected chi connectivity index (χ4v) is 5.13. The van der Waals surface area contributed by atoms with Gasteiger partial charge in [0, 0.05) is 32.1 Å². The normalized spacial score (nSPS) is 25.0. The Morgan fingerprint density at radius 1 is 1.23 bits per heavy atom. The monoisotopic (exact) mass is 408 g/mol. The Labute approximate surface area is 177 Å². The number of carbonyl (C=O) groups is 1. The lowest BCUT2D eigenvalue weighted by molar-refractivity contribution is -0.135. The minimum atomic E-state index is -0.0806. The predicted molar refractivity (Wildman–Crippen MR) is 118 cm³/mol. The number of aryl methyl sites for hydroxylation is 1. The van der Waals surface area contributed by atoms with Gasteiger partial charge in [-0.1, -0.05) is 33.8 Å². The second kappa shape index (κ2) is 6.32. The molecule has 0 aromatic carbocycles. The Balaban J connectivity index is 1.41. The van der Waals surface area contributed by atoms with E-state index in [0.717, 1.165) is 49.2 Å². The summed E-state index contributed by atoms with van der Waals surface area (Å²) < 4.78 is 3.50. The summed E-state index contributed by atoms with van der Waals surface area (Å²) in [5, 5.41) is 0. The Morgan fingerprint density at radius 3 is 2.60 bits per heavy atom. The van der Waals surface area contributed by atoms with E-state index in [2.05, 4.69) is 44.7 Å². The second-order valence-corrected chi connectivity index (χ2v) is 11.1. The minimum Gasteiger partial charge on any atom is -0.341 e. The molecule has 0 N–H and O–H groups in total. The maximum absolute atomic E-state index is 12.8. The van der Waals surface area contributed by atoms with E-state index in [4.69, 9.17) is 4.98 Å². The number of aromatic nitrogens is 3. The predicted octanol–water partition coefficient (Wildman–Crippen LogP) is 3.44. The molecule has 2 aromatic heterocycles. The molecule has 2 fully saturated rings. The van der Waals surface area contributed by atoms with E-state index < -0.39 is 0 Å². The van der Waals surface area contributed by atoms with Crippen molar-refractivity contribution < 1.29 is 4.79 Å². The number of nitrogens with zero attached hydrogens (tertiary/aromatic N) is 4. The molecule has 6 heteroatoms. The number of rotatable bonds is 3. The van der Waals surface area contributed by atoms with Crippen LogP contribution in [0.5, 0.6) is 0 Å². The van der Waals surface area contributed by atoms with E-state index in [1.54, 1.807) is 11.6 Å². The van der Waals surface area contributed by atoms with Crippen LogP contribution in [0.25, 0.3) is 16.7 Å². The van der Waals surface area contributed by atoms with Crippen LogP contribution in [0.4, 0.5) is 0 Å². The minimum absolute atomic E-state index is 0.00966. The summed E-state index contributed by atoms with van der Waals surface area (Å²) >= 11 is 0. The molecule has 30 heavy (non-hydrogen) atoms. The summed E-state index contributed by atoms with van der Waals surface area (Å²) in [5.41, 5.74) is 3.79. The highest BCUT2D eigenvalue weighted by atomic mass is 16.2. The summed E-state index contributed by atoms with van der Waals surface area (Å²) in [6, 6.07) is 4.10. The lowest BCUT2D eigenvalue weighted by Crippen LogP contribution is -2.34. The highest BCUT2D eigenvalue weighted by molar-refractivity contribution is 5.85. The molecular formula is C24H32N4O2. The van der Waals surface area contributed by atoms with Crippen molar-refractivity contribution in [2.45, 2.75) is 53.5 Å². The molecule has 6 nitrogen and oxygen atoms in total. The summed E-state index contributed by atoms with van der Waals surface area (Å²) in [7, 11) is 1.81. The second-order valence-electron chi connectivity index (χ2n) is 11.1. The topological polar surface area (TPSA) is 60.1 Å². The molecule has 3 heterocycles. The number of allylic oxidation sites excluding steroid dienone is 1. The van der Waals surface area contributed by atoms with E-state index in [9.17, 15) is 9.59 Å². The Hall–Kier alpha value is -2.37. The quantitative estimate of drug-likeness (QED) is 0.782. The molecule has 160 valence electrons. The van der Waals surface area contributed by atoms with Crippen molar-refractivity contribution in [3.63, 3.8) is 0 Å². The van der Waals surface area contributed by atoms with Gasteiger partial charge in [-0.05, 0) is 54.2 Å². The Bertz CT molecular complexity index is 1130. The van der Waals surface area contributed by atoms with Crippen LogP contribution in [-0.4, -0.2) is 38.0 Å². The number of amides is 1. The molecule has 1 amide bonds. The van der Waals surface area contributed by atoms with Gasteiger partial charge in [0.1, 0.15) is 0 Å². The molecule has 2 aromatic rings.